The van der Waals surface area contributed by atoms with Crippen LogP contribution in [0.1, 0.15) is 26.4 Å². The third-order valence-corrected chi connectivity index (χ3v) is 5.16. The number of hydrogen-bond donors (Lipinski definition) is 4. The van der Waals surface area contributed by atoms with E-state index in [2.05, 4.69) is 20.2 Å². The normalized spacial score (nSPS) is 11.0. The second-order valence-electron chi connectivity index (χ2n) is 5.90. The van der Waals surface area contributed by atoms with Gasteiger partial charge in [0.15, 0.2) is 0 Å². The van der Waals surface area contributed by atoms with E-state index in [4.69, 9.17) is 5.73 Å². The van der Waals surface area contributed by atoms with E-state index >= 15 is 0 Å². The molecule has 0 atom stereocenters. The Labute approximate surface area is 161 Å². The summed E-state index contributed by atoms with van der Waals surface area (Å²) in [6.45, 7) is 1.54. The molecule has 5 N–H and O–H groups in total. The molecule has 0 saturated carbocycles. The minimum absolute atomic E-state index is 0.109. The molecule has 0 aliphatic rings. The summed E-state index contributed by atoms with van der Waals surface area (Å²) >= 11 is 0. The minimum Gasteiger partial charge on any atom is -0.366 e. The monoisotopic (exact) mass is 399 g/mol. The molecule has 3 rings (SSSR count). The number of para-hydroxylation sites is 1. The Morgan fingerprint density at radius 3 is 2.25 bits per heavy atom. The van der Waals surface area contributed by atoms with Crippen molar-refractivity contribution in [1.29, 1.82) is 0 Å². The number of sulfonamides is 1. The van der Waals surface area contributed by atoms with E-state index in [9.17, 15) is 18.0 Å². The van der Waals surface area contributed by atoms with Crippen molar-refractivity contribution in [3.8, 4) is 0 Å². The zero-order chi connectivity index (χ0) is 20.3. The number of aryl methyl sites for hydroxylation is 1. The first-order valence-electron chi connectivity index (χ1n) is 8.12. The number of carbonyl (C=O) groups excluding carboxylic acids is 2. The van der Waals surface area contributed by atoms with Gasteiger partial charge in [-0.1, -0.05) is 18.2 Å². The number of amides is 2. The van der Waals surface area contributed by atoms with E-state index in [1.165, 1.54) is 24.3 Å². The average Bonchev–Trinajstić information content (AvgIpc) is 3.05. The lowest BCUT2D eigenvalue weighted by Gasteiger charge is -2.09. The number of rotatable bonds is 6. The Hall–Kier alpha value is -3.66. The molecule has 0 aliphatic heterocycles. The van der Waals surface area contributed by atoms with Crippen molar-refractivity contribution < 1.29 is 18.0 Å². The van der Waals surface area contributed by atoms with Crippen LogP contribution in [0.4, 0.5) is 11.4 Å². The van der Waals surface area contributed by atoms with Crippen molar-refractivity contribution in [2.75, 3.05) is 10.0 Å². The highest BCUT2D eigenvalue weighted by molar-refractivity contribution is 7.92. The van der Waals surface area contributed by atoms with Crippen LogP contribution < -0.4 is 15.8 Å². The van der Waals surface area contributed by atoms with Crippen LogP contribution in [0.2, 0.25) is 0 Å². The van der Waals surface area contributed by atoms with Crippen LogP contribution in [0.15, 0.2) is 59.6 Å². The summed E-state index contributed by atoms with van der Waals surface area (Å²) in [7, 11) is -4.09. The lowest BCUT2D eigenvalue weighted by Crippen LogP contribution is -2.20. The number of benzene rings is 2. The molecule has 144 valence electrons. The average molecular weight is 399 g/mol. The fourth-order valence-corrected chi connectivity index (χ4v) is 3.71. The summed E-state index contributed by atoms with van der Waals surface area (Å²) in [5.41, 5.74) is 6.36. The van der Waals surface area contributed by atoms with Gasteiger partial charge in [0.05, 0.1) is 0 Å². The lowest BCUT2D eigenvalue weighted by atomic mass is 10.2. The number of nitrogens with zero attached hydrogens (tertiary/aromatic N) is 1. The Kier molecular flexibility index (Phi) is 5.14. The topological polar surface area (TPSA) is 147 Å². The van der Waals surface area contributed by atoms with Crippen molar-refractivity contribution in [1.82, 2.24) is 10.2 Å². The van der Waals surface area contributed by atoms with Gasteiger partial charge in [-0.15, -0.1) is 0 Å². The van der Waals surface area contributed by atoms with E-state index in [-0.39, 0.29) is 11.1 Å². The van der Waals surface area contributed by atoms with E-state index in [0.717, 1.165) is 0 Å². The third-order valence-electron chi connectivity index (χ3n) is 3.85. The van der Waals surface area contributed by atoms with Gasteiger partial charge in [0.1, 0.15) is 5.56 Å². The molecule has 0 fully saturated rings. The van der Waals surface area contributed by atoms with E-state index < -0.39 is 26.9 Å². The molecule has 1 heterocycles. The lowest BCUT2D eigenvalue weighted by molar-refractivity contribution is 0.0998. The van der Waals surface area contributed by atoms with Crippen LogP contribution in [0.25, 0.3) is 0 Å². The zero-order valence-electron chi connectivity index (χ0n) is 14.8. The molecule has 0 aliphatic carbocycles. The molecule has 0 spiro atoms. The van der Waals surface area contributed by atoms with Crippen molar-refractivity contribution in [3.63, 3.8) is 0 Å². The maximum atomic E-state index is 12.7. The van der Waals surface area contributed by atoms with Gasteiger partial charge >= 0.3 is 0 Å². The highest BCUT2D eigenvalue weighted by Crippen LogP contribution is 2.21. The Balaban J connectivity index is 1.87. The zero-order valence-corrected chi connectivity index (χ0v) is 15.6. The van der Waals surface area contributed by atoms with Crippen molar-refractivity contribution in [2.45, 2.75) is 11.9 Å². The number of nitrogens with two attached hydrogens (primary N) is 1. The Morgan fingerprint density at radius 2 is 1.64 bits per heavy atom. The molecule has 0 bridgehead atoms. The van der Waals surface area contributed by atoms with Gasteiger partial charge < -0.3 is 11.1 Å². The van der Waals surface area contributed by atoms with E-state index in [1.54, 1.807) is 37.3 Å². The van der Waals surface area contributed by atoms with Crippen LogP contribution in [0.3, 0.4) is 0 Å². The number of aromatic amines is 1. The number of carbonyl (C=O) groups is 2. The maximum Gasteiger partial charge on any atom is 0.282 e. The second-order valence-corrected chi connectivity index (χ2v) is 7.49. The van der Waals surface area contributed by atoms with Crippen LogP contribution in [-0.2, 0) is 10.0 Å². The highest BCUT2D eigenvalue weighted by Gasteiger charge is 2.28. The smallest absolute Gasteiger partial charge is 0.282 e. The summed E-state index contributed by atoms with van der Waals surface area (Å²) in [6, 6.07) is 14.2. The van der Waals surface area contributed by atoms with Crippen LogP contribution in [-0.4, -0.2) is 30.4 Å². The molecule has 10 heteroatoms. The van der Waals surface area contributed by atoms with Gasteiger partial charge in [-0.2, -0.15) is 13.5 Å². The van der Waals surface area contributed by atoms with Gasteiger partial charge in [0, 0.05) is 22.6 Å². The van der Waals surface area contributed by atoms with E-state index in [0.29, 0.717) is 17.1 Å². The molecule has 9 nitrogen and oxygen atoms in total. The number of primary amides is 1. The predicted octanol–water partition coefficient (Wildman–Crippen LogP) is 1.87. The number of anilines is 2. The van der Waals surface area contributed by atoms with Crippen molar-refractivity contribution >= 4 is 33.2 Å². The Morgan fingerprint density at radius 1 is 1.00 bits per heavy atom. The van der Waals surface area contributed by atoms with Crippen LogP contribution in [0.5, 0.6) is 0 Å². The van der Waals surface area contributed by atoms with Gasteiger partial charge in [0.25, 0.3) is 15.9 Å². The molecule has 1 aromatic heterocycles. The molecule has 2 aromatic carbocycles. The standard InChI is InChI=1S/C18H17N5O4S/c1-11-15(17(25)20-13-9-7-12(8-10-13)16(19)24)18(22-21-11)28(26,27)23-14-5-3-2-4-6-14/h2-10,23H,1H3,(H2,19,24)(H,20,25)(H,21,22). The SMILES string of the molecule is Cc1[nH]nc(S(=O)(=O)Nc2ccccc2)c1C(=O)Nc1ccc(C(N)=O)cc1. The van der Waals surface area contributed by atoms with Gasteiger partial charge in [-0.25, -0.2) is 0 Å². The third kappa shape index (κ3) is 4.01. The van der Waals surface area contributed by atoms with Crippen LogP contribution in [0, 0.1) is 6.92 Å². The van der Waals surface area contributed by atoms with Gasteiger partial charge in [-0.05, 0) is 43.3 Å². The summed E-state index contributed by atoms with van der Waals surface area (Å²) in [6.07, 6.45) is 0. The molecule has 3 aromatic rings. The number of H-pyrrole nitrogens is 1. The molecule has 0 saturated heterocycles. The fourth-order valence-electron chi connectivity index (χ4n) is 2.49. The molecule has 0 unspecified atom stereocenters. The predicted molar refractivity (Wildman–Crippen MR) is 103 cm³/mol. The summed E-state index contributed by atoms with van der Waals surface area (Å²) in [5.74, 6) is -1.25. The fraction of sp³-hybridized carbons (Fsp3) is 0.0556. The molecular formula is C18H17N5O4S. The quantitative estimate of drug-likeness (QED) is 0.499. The van der Waals surface area contributed by atoms with Gasteiger partial charge in [-0.3, -0.25) is 19.4 Å². The molecular weight excluding hydrogens is 382 g/mol. The van der Waals surface area contributed by atoms with Gasteiger partial charge in [0.2, 0.25) is 10.9 Å². The summed E-state index contributed by atoms with van der Waals surface area (Å²) < 4.78 is 27.8. The number of aromatic nitrogens is 2. The summed E-state index contributed by atoms with van der Waals surface area (Å²) in [4.78, 5) is 23.8. The Bertz CT molecular complexity index is 1120. The van der Waals surface area contributed by atoms with Crippen molar-refractivity contribution in [2.24, 2.45) is 5.73 Å². The first-order valence-corrected chi connectivity index (χ1v) is 9.60. The minimum atomic E-state index is -4.09. The number of hydrogen-bond acceptors (Lipinski definition) is 5. The first kappa shape index (κ1) is 19.1. The largest absolute Gasteiger partial charge is 0.366 e. The second kappa shape index (κ2) is 7.53. The number of nitrogens with one attached hydrogen (secondary N) is 3. The van der Waals surface area contributed by atoms with Crippen molar-refractivity contribution in [3.05, 3.63) is 71.4 Å². The molecule has 0 radical (unpaired) electrons. The van der Waals surface area contributed by atoms with E-state index in [1.807, 2.05) is 0 Å². The molecule has 28 heavy (non-hydrogen) atoms. The maximum absolute atomic E-state index is 12.7. The highest BCUT2D eigenvalue weighted by atomic mass is 32.2. The van der Waals surface area contributed by atoms with Crippen LogP contribution >= 0.6 is 0 Å². The first-order chi connectivity index (χ1) is 13.3. The summed E-state index contributed by atoms with van der Waals surface area (Å²) in [5, 5.41) is 8.48. The molecule has 2 amide bonds.